The van der Waals surface area contributed by atoms with Crippen molar-refractivity contribution in [1.82, 2.24) is 29.5 Å². The topological polar surface area (TPSA) is 158 Å². The Morgan fingerprint density at radius 1 is 1.24 bits per heavy atom. The number of nitrogens with zero attached hydrogens (tertiary/aromatic N) is 6. The van der Waals surface area contributed by atoms with Gasteiger partial charge in [0.1, 0.15) is 34.8 Å². The zero-order chi connectivity index (χ0) is 30.0. The molecule has 4 heterocycles. The highest BCUT2D eigenvalue weighted by atomic mass is 16.6. The number of nitrogens with one attached hydrogen (secondary N) is 2. The minimum atomic E-state index is -0.747. The lowest BCUT2D eigenvalue weighted by Gasteiger charge is -2.28. The largest absolute Gasteiger partial charge is 0.443 e. The first kappa shape index (κ1) is 28.8. The Morgan fingerprint density at radius 3 is 2.76 bits per heavy atom. The highest BCUT2D eigenvalue weighted by Gasteiger charge is 2.28. The van der Waals surface area contributed by atoms with Gasteiger partial charge < -0.3 is 24.5 Å². The summed E-state index contributed by atoms with van der Waals surface area (Å²) in [4.78, 5) is 49.6. The summed E-state index contributed by atoms with van der Waals surface area (Å²) < 4.78 is 19.0. The van der Waals surface area contributed by atoms with Crippen LogP contribution in [0.25, 0.3) is 11.7 Å². The van der Waals surface area contributed by atoms with Gasteiger partial charge in [-0.3, -0.25) is 14.5 Å². The van der Waals surface area contributed by atoms with Gasteiger partial charge in [0, 0.05) is 32.5 Å². The molecule has 2 amide bonds. The maximum Gasteiger partial charge on any atom is 0.415 e. The van der Waals surface area contributed by atoms with E-state index in [1.165, 1.54) is 52.0 Å². The molecule has 1 aliphatic rings. The van der Waals surface area contributed by atoms with Crippen molar-refractivity contribution in [2.45, 2.75) is 64.2 Å². The summed E-state index contributed by atoms with van der Waals surface area (Å²) in [5, 5.41) is 10.5. The van der Waals surface area contributed by atoms with E-state index in [1.54, 1.807) is 40.0 Å². The predicted octanol–water partition coefficient (Wildman–Crippen LogP) is 3.67. The lowest BCUT2D eigenvalue weighted by atomic mass is 9.92. The number of hydrogen-bond acceptors (Lipinski definition) is 10. The number of hydrogen-bond donors (Lipinski definition) is 2. The zero-order valence-electron chi connectivity index (χ0n) is 24.2. The van der Waals surface area contributed by atoms with Crippen molar-refractivity contribution in [2.24, 2.45) is 0 Å². The van der Waals surface area contributed by atoms with E-state index < -0.39 is 17.3 Å². The van der Waals surface area contributed by atoms with E-state index in [-0.39, 0.29) is 52.6 Å². The molecule has 4 aromatic heterocycles. The SMILES string of the molecule is CO[C@@H]1CCC[C@@H](NC(=O)c2cnn3c(N(C)C(=O)OC(C)(C)C)cc(Nc4cccn(-c5ncco5)c4=O)nc23)C1. The maximum atomic E-state index is 13.4. The van der Waals surface area contributed by atoms with Crippen LogP contribution in [0.1, 0.15) is 56.8 Å². The summed E-state index contributed by atoms with van der Waals surface area (Å²) in [5.74, 6) is 0.104. The molecule has 42 heavy (non-hydrogen) atoms. The summed E-state index contributed by atoms with van der Waals surface area (Å²) in [6.07, 6.45) is 8.62. The normalized spacial score (nSPS) is 17.2. The Labute approximate surface area is 241 Å². The van der Waals surface area contributed by atoms with Crippen LogP contribution in [0.4, 0.5) is 22.1 Å². The van der Waals surface area contributed by atoms with E-state index in [9.17, 15) is 14.4 Å². The Hall–Kier alpha value is -4.72. The fourth-order valence-electron chi connectivity index (χ4n) is 4.80. The molecular formula is C28H34N8O6. The van der Waals surface area contributed by atoms with Gasteiger partial charge in [-0.2, -0.15) is 9.61 Å². The number of fused-ring (bicyclic) bond motifs is 1. The third kappa shape index (κ3) is 6.12. The van der Waals surface area contributed by atoms with Gasteiger partial charge in [0.2, 0.25) is 0 Å². The highest BCUT2D eigenvalue weighted by Crippen LogP contribution is 2.26. The number of ether oxygens (including phenoxy) is 2. The molecule has 14 heteroatoms. The Bertz CT molecular complexity index is 1640. The van der Waals surface area contributed by atoms with Gasteiger partial charge >= 0.3 is 12.1 Å². The van der Waals surface area contributed by atoms with Crippen LogP contribution < -0.4 is 21.1 Å². The van der Waals surface area contributed by atoms with Gasteiger partial charge in [0.05, 0.1) is 18.5 Å². The van der Waals surface area contributed by atoms with Crippen molar-refractivity contribution in [3.63, 3.8) is 0 Å². The molecule has 1 saturated carbocycles. The first-order chi connectivity index (χ1) is 20.0. The Morgan fingerprint density at radius 2 is 2.05 bits per heavy atom. The minimum absolute atomic E-state index is 0.0608. The molecule has 222 valence electrons. The average molecular weight is 579 g/mol. The van der Waals surface area contributed by atoms with Crippen LogP contribution in [-0.2, 0) is 9.47 Å². The Balaban J connectivity index is 1.53. The first-order valence-corrected chi connectivity index (χ1v) is 13.6. The van der Waals surface area contributed by atoms with Gasteiger partial charge in [-0.15, -0.1) is 0 Å². The third-order valence-electron chi connectivity index (χ3n) is 6.84. The summed E-state index contributed by atoms with van der Waals surface area (Å²) >= 11 is 0. The molecule has 0 bridgehead atoms. The second kappa shape index (κ2) is 11.6. The molecule has 0 saturated heterocycles. The van der Waals surface area contributed by atoms with Gasteiger partial charge in [-0.1, -0.05) is 0 Å². The molecule has 0 aromatic carbocycles. The zero-order valence-corrected chi connectivity index (χ0v) is 24.2. The number of rotatable bonds is 7. The fraction of sp³-hybridized carbons (Fsp3) is 0.429. The van der Waals surface area contributed by atoms with Crippen molar-refractivity contribution in [3.8, 4) is 6.01 Å². The molecule has 2 N–H and O–H groups in total. The van der Waals surface area contributed by atoms with E-state index in [4.69, 9.17) is 13.9 Å². The predicted molar refractivity (Wildman–Crippen MR) is 154 cm³/mol. The summed E-state index contributed by atoms with van der Waals surface area (Å²) in [6.45, 7) is 5.29. The number of amides is 2. The number of anilines is 3. The minimum Gasteiger partial charge on any atom is -0.443 e. The van der Waals surface area contributed by atoms with Crippen LogP contribution in [-0.4, -0.2) is 68.1 Å². The molecular weight excluding hydrogens is 544 g/mol. The van der Waals surface area contributed by atoms with Crippen molar-refractivity contribution in [2.75, 3.05) is 24.4 Å². The summed E-state index contributed by atoms with van der Waals surface area (Å²) in [7, 11) is 3.20. The van der Waals surface area contributed by atoms with E-state index in [0.29, 0.717) is 6.42 Å². The number of carbonyl (C=O) groups excluding carboxylic acids is 2. The summed E-state index contributed by atoms with van der Waals surface area (Å²) in [5.41, 5.74) is -0.631. The lowest BCUT2D eigenvalue weighted by Crippen LogP contribution is -2.40. The lowest BCUT2D eigenvalue weighted by molar-refractivity contribution is 0.0561. The number of oxazole rings is 1. The quantitative estimate of drug-likeness (QED) is 0.331. The van der Waals surface area contributed by atoms with Crippen LogP contribution in [0.5, 0.6) is 0 Å². The monoisotopic (exact) mass is 578 g/mol. The van der Waals surface area contributed by atoms with Gasteiger partial charge in [0.15, 0.2) is 5.65 Å². The molecule has 0 aliphatic heterocycles. The van der Waals surface area contributed by atoms with Crippen molar-refractivity contribution in [1.29, 1.82) is 0 Å². The molecule has 1 aliphatic carbocycles. The molecule has 14 nitrogen and oxygen atoms in total. The van der Waals surface area contributed by atoms with Crippen LogP contribution in [0.3, 0.4) is 0 Å². The maximum absolute atomic E-state index is 13.4. The van der Waals surface area contributed by atoms with Gasteiger partial charge in [-0.05, 0) is 58.6 Å². The van der Waals surface area contributed by atoms with E-state index in [0.717, 1.165) is 19.3 Å². The molecule has 4 aromatic rings. The van der Waals surface area contributed by atoms with Gasteiger partial charge in [-0.25, -0.2) is 19.3 Å². The van der Waals surface area contributed by atoms with Crippen LogP contribution in [0.2, 0.25) is 0 Å². The number of carbonyl (C=O) groups is 2. The van der Waals surface area contributed by atoms with Crippen LogP contribution in [0, 0.1) is 0 Å². The van der Waals surface area contributed by atoms with E-state index >= 15 is 0 Å². The number of aromatic nitrogens is 5. The van der Waals surface area contributed by atoms with Crippen molar-refractivity contribution >= 4 is 35.0 Å². The van der Waals surface area contributed by atoms with Crippen LogP contribution in [0.15, 0.2) is 52.3 Å². The fourth-order valence-corrected chi connectivity index (χ4v) is 4.80. The smallest absolute Gasteiger partial charge is 0.415 e. The number of methoxy groups -OCH3 is 1. The van der Waals surface area contributed by atoms with Crippen LogP contribution >= 0.6 is 0 Å². The third-order valence-corrected chi connectivity index (χ3v) is 6.84. The Kier molecular flexibility index (Phi) is 7.98. The summed E-state index contributed by atoms with van der Waals surface area (Å²) in [6, 6.07) is 4.80. The van der Waals surface area contributed by atoms with E-state index in [1.807, 2.05) is 0 Å². The van der Waals surface area contributed by atoms with Crippen molar-refractivity contribution < 1.29 is 23.5 Å². The average Bonchev–Trinajstić information content (AvgIpc) is 3.63. The molecule has 0 unspecified atom stereocenters. The second-order valence-corrected chi connectivity index (χ2v) is 11.1. The van der Waals surface area contributed by atoms with Crippen molar-refractivity contribution in [3.05, 3.63) is 59.0 Å². The second-order valence-electron chi connectivity index (χ2n) is 11.1. The number of pyridine rings is 1. The first-order valence-electron chi connectivity index (χ1n) is 13.6. The molecule has 2 atom stereocenters. The standard InChI is InChI=1S/C28H34N8O6/c1-28(2,3)42-27(39)34(4)22-15-21(32-20-10-7-12-35(25(20)38)26-29-11-13-41-26)33-23-19(16-30-36(22)23)24(37)31-17-8-6-9-18(14-17)40-5/h7,10-13,15-18H,6,8-9,14H2,1-5H3,(H,31,37)(H,32,33)/t17-,18-/m1/s1. The highest BCUT2D eigenvalue weighted by molar-refractivity contribution is 6.00. The van der Waals surface area contributed by atoms with E-state index in [2.05, 4.69) is 25.7 Å². The molecule has 0 radical (unpaired) electrons. The molecule has 0 spiro atoms. The molecule has 1 fully saturated rings. The molecule has 5 rings (SSSR count). The van der Waals surface area contributed by atoms with Gasteiger partial charge in [0.25, 0.3) is 11.5 Å².